The number of hydrogen-bond donors (Lipinski definition) is 1. The van der Waals surface area contributed by atoms with Crippen molar-refractivity contribution in [3.8, 4) is 5.69 Å². The van der Waals surface area contributed by atoms with Gasteiger partial charge in [0.1, 0.15) is 16.9 Å². The zero-order valence-electron chi connectivity index (χ0n) is 19.6. The Kier molecular flexibility index (Phi) is 7.30. The average Bonchev–Trinajstić information content (AvgIpc) is 3.28. The molecule has 2 aromatic heterocycles. The number of benzene rings is 1. The average molecular weight is 467 g/mol. The Bertz CT molecular complexity index is 1260. The minimum Gasteiger partial charge on any atom is -0.462 e. The SMILES string of the molecule is CCOC(=O)c1c(NC(=O)COC(=O)c2c(C)nn(-c3ccccc3)c2C)oc(C)c1C(C)=O. The number of nitrogens with zero attached hydrogens (tertiary/aromatic N) is 2. The van der Waals surface area contributed by atoms with E-state index in [0.717, 1.165) is 5.69 Å². The Morgan fingerprint density at radius 2 is 1.62 bits per heavy atom. The van der Waals surface area contributed by atoms with Crippen LogP contribution in [0, 0.1) is 20.8 Å². The number of anilines is 1. The van der Waals surface area contributed by atoms with E-state index in [9.17, 15) is 19.2 Å². The fourth-order valence-corrected chi connectivity index (χ4v) is 3.58. The minimum absolute atomic E-state index is 0.0188. The maximum Gasteiger partial charge on any atom is 0.344 e. The molecule has 0 saturated heterocycles. The molecule has 1 aromatic carbocycles. The molecule has 10 heteroatoms. The maximum absolute atomic E-state index is 12.7. The van der Waals surface area contributed by atoms with Crippen LogP contribution < -0.4 is 5.32 Å². The summed E-state index contributed by atoms with van der Waals surface area (Å²) in [6.07, 6.45) is 0. The number of nitrogens with one attached hydrogen (secondary N) is 1. The summed E-state index contributed by atoms with van der Waals surface area (Å²) >= 11 is 0. The molecule has 1 N–H and O–H groups in total. The van der Waals surface area contributed by atoms with Crippen LogP contribution in [-0.4, -0.2) is 46.6 Å². The van der Waals surface area contributed by atoms with Gasteiger partial charge in [-0.1, -0.05) is 18.2 Å². The van der Waals surface area contributed by atoms with Crippen molar-refractivity contribution >= 4 is 29.5 Å². The van der Waals surface area contributed by atoms with Crippen molar-refractivity contribution in [1.29, 1.82) is 0 Å². The van der Waals surface area contributed by atoms with Gasteiger partial charge in [0.05, 0.1) is 29.2 Å². The van der Waals surface area contributed by atoms with Gasteiger partial charge >= 0.3 is 11.9 Å². The normalized spacial score (nSPS) is 10.6. The number of ether oxygens (including phenoxy) is 2. The highest BCUT2D eigenvalue weighted by molar-refractivity contribution is 6.11. The second kappa shape index (κ2) is 10.2. The number of aryl methyl sites for hydroxylation is 2. The van der Waals surface area contributed by atoms with Gasteiger partial charge in [0.15, 0.2) is 12.4 Å². The van der Waals surface area contributed by atoms with Gasteiger partial charge in [-0.15, -0.1) is 0 Å². The van der Waals surface area contributed by atoms with E-state index >= 15 is 0 Å². The maximum atomic E-state index is 12.7. The lowest BCUT2D eigenvalue weighted by Crippen LogP contribution is -2.22. The molecule has 34 heavy (non-hydrogen) atoms. The van der Waals surface area contributed by atoms with Crippen LogP contribution in [0.25, 0.3) is 5.69 Å². The van der Waals surface area contributed by atoms with Crippen LogP contribution in [0.15, 0.2) is 34.7 Å². The highest BCUT2D eigenvalue weighted by Crippen LogP contribution is 2.28. The van der Waals surface area contributed by atoms with Crippen molar-refractivity contribution in [1.82, 2.24) is 9.78 Å². The third kappa shape index (κ3) is 4.90. The predicted molar refractivity (Wildman–Crippen MR) is 121 cm³/mol. The van der Waals surface area contributed by atoms with Crippen molar-refractivity contribution in [2.75, 3.05) is 18.5 Å². The van der Waals surface area contributed by atoms with Crippen LogP contribution in [-0.2, 0) is 14.3 Å². The standard InChI is InChI=1S/C24H25N3O7/c1-6-32-24(31)21-20(15(4)28)16(5)34-22(21)25-18(29)12-33-23(30)19-13(2)26-27(14(19)3)17-10-8-7-9-11-17/h7-11H,6,12H2,1-5H3,(H,25,29). The van der Waals surface area contributed by atoms with E-state index in [4.69, 9.17) is 13.9 Å². The number of carbonyl (C=O) groups excluding carboxylic acids is 4. The van der Waals surface area contributed by atoms with E-state index in [1.54, 1.807) is 25.5 Å². The van der Waals surface area contributed by atoms with Crippen LogP contribution in [0.1, 0.15) is 62.1 Å². The summed E-state index contributed by atoms with van der Waals surface area (Å²) in [6.45, 7) is 7.19. The van der Waals surface area contributed by atoms with E-state index in [1.165, 1.54) is 13.8 Å². The summed E-state index contributed by atoms with van der Waals surface area (Å²) in [4.78, 5) is 49.5. The predicted octanol–water partition coefficient (Wildman–Crippen LogP) is 3.57. The first-order chi connectivity index (χ1) is 16.1. The van der Waals surface area contributed by atoms with Crippen LogP contribution >= 0.6 is 0 Å². The Labute approximate surface area is 195 Å². The number of amides is 1. The van der Waals surface area contributed by atoms with Crippen molar-refractivity contribution in [2.45, 2.75) is 34.6 Å². The van der Waals surface area contributed by atoms with E-state index < -0.39 is 30.2 Å². The number of carbonyl (C=O) groups is 4. The number of hydrogen-bond acceptors (Lipinski definition) is 8. The molecule has 3 rings (SSSR count). The molecule has 0 unspecified atom stereocenters. The Balaban J connectivity index is 1.75. The van der Waals surface area contributed by atoms with Crippen molar-refractivity contribution in [3.63, 3.8) is 0 Å². The smallest absolute Gasteiger partial charge is 0.344 e. The van der Waals surface area contributed by atoms with E-state index in [2.05, 4.69) is 10.4 Å². The number of furan rings is 1. The molecule has 0 bridgehead atoms. The molecule has 1 amide bonds. The molecule has 178 valence electrons. The lowest BCUT2D eigenvalue weighted by Gasteiger charge is -2.08. The summed E-state index contributed by atoms with van der Waals surface area (Å²) in [6, 6.07) is 9.28. The van der Waals surface area contributed by atoms with Gasteiger partial charge in [0, 0.05) is 0 Å². The van der Waals surface area contributed by atoms with Gasteiger partial charge in [0.2, 0.25) is 5.88 Å². The molecule has 0 radical (unpaired) electrons. The first-order valence-corrected chi connectivity index (χ1v) is 10.6. The molecular weight excluding hydrogens is 442 g/mol. The molecular formula is C24H25N3O7. The van der Waals surface area contributed by atoms with Gasteiger partial charge in [0.25, 0.3) is 5.91 Å². The number of esters is 2. The largest absolute Gasteiger partial charge is 0.462 e. The monoisotopic (exact) mass is 467 g/mol. The fourth-order valence-electron chi connectivity index (χ4n) is 3.58. The van der Waals surface area contributed by atoms with Gasteiger partial charge in [-0.3, -0.25) is 14.9 Å². The van der Waals surface area contributed by atoms with Crippen LogP contribution in [0.5, 0.6) is 0 Å². The van der Waals surface area contributed by atoms with Crippen molar-refractivity contribution < 1.29 is 33.1 Å². The molecule has 0 aliphatic rings. The summed E-state index contributed by atoms with van der Waals surface area (Å²) in [5.74, 6) is -2.80. The summed E-state index contributed by atoms with van der Waals surface area (Å²) in [5.41, 5.74) is 1.88. The Hall–Kier alpha value is -4.21. The Morgan fingerprint density at radius 3 is 2.24 bits per heavy atom. The fraction of sp³-hybridized carbons (Fsp3) is 0.292. The third-order valence-corrected chi connectivity index (χ3v) is 5.00. The summed E-state index contributed by atoms with van der Waals surface area (Å²) < 4.78 is 17.2. The lowest BCUT2D eigenvalue weighted by atomic mass is 10.1. The number of rotatable bonds is 8. The molecule has 0 atom stereocenters. The quantitative estimate of drug-likeness (QED) is 0.393. The number of Topliss-reactive ketones (excluding diaryl/α,β-unsaturated/α-hetero) is 1. The van der Waals surface area contributed by atoms with Crippen LogP contribution in [0.2, 0.25) is 0 Å². The van der Waals surface area contributed by atoms with Crippen LogP contribution in [0.3, 0.4) is 0 Å². The first kappa shape index (κ1) is 24.4. The zero-order valence-corrected chi connectivity index (χ0v) is 19.6. The van der Waals surface area contributed by atoms with Crippen LogP contribution in [0.4, 0.5) is 5.88 Å². The van der Waals surface area contributed by atoms with E-state index in [-0.39, 0.29) is 34.9 Å². The molecule has 0 aliphatic heterocycles. The molecule has 0 fully saturated rings. The van der Waals surface area contributed by atoms with Crippen molar-refractivity contribution in [2.24, 2.45) is 0 Å². The van der Waals surface area contributed by atoms with E-state index in [1.807, 2.05) is 30.3 Å². The van der Waals surface area contributed by atoms with Gasteiger partial charge in [-0.05, 0) is 46.8 Å². The van der Waals surface area contributed by atoms with Gasteiger partial charge in [-0.2, -0.15) is 5.10 Å². The first-order valence-electron chi connectivity index (χ1n) is 10.6. The van der Waals surface area contributed by atoms with Crippen molar-refractivity contribution in [3.05, 3.63) is 64.2 Å². The molecule has 0 aliphatic carbocycles. The number of ketones is 1. The minimum atomic E-state index is -0.809. The summed E-state index contributed by atoms with van der Waals surface area (Å²) in [7, 11) is 0. The topological polar surface area (TPSA) is 130 Å². The third-order valence-electron chi connectivity index (χ3n) is 5.00. The highest BCUT2D eigenvalue weighted by atomic mass is 16.5. The molecule has 3 aromatic rings. The molecule has 2 heterocycles. The van der Waals surface area contributed by atoms with Gasteiger partial charge < -0.3 is 13.9 Å². The second-order valence-electron chi connectivity index (χ2n) is 7.43. The number of para-hydroxylation sites is 1. The number of aromatic nitrogens is 2. The Morgan fingerprint density at radius 1 is 0.971 bits per heavy atom. The highest BCUT2D eigenvalue weighted by Gasteiger charge is 2.29. The summed E-state index contributed by atoms with van der Waals surface area (Å²) in [5, 5.41) is 6.77. The van der Waals surface area contributed by atoms with Gasteiger partial charge in [-0.25, -0.2) is 14.3 Å². The molecule has 10 nitrogen and oxygen atoms in total. The molecule has 0 saturated carbocycles. The second-order valence-corrected chi connectivity index (χ2v) is 7.43. The van der Waals surface area contributed by atoms with E-state index in [0.29, 0.717) is 11.4 Å². The zero-order chi connectivity index (χ0) is 25.0. The molecule has 0 spiro atoms. The lowest BCUT2D eigenvalue weighted by molar-refractivity contribution is -0.119.